The molecule has 0 amide bonds. The third-order valence-electron chi connectivity index (χ3n) is 2.79. The first-order valence-electron chi connectivity index (χ1n) is 5.90. The molecule has 84 valence electrons. The maximum Gasteiger partial charge on any atom is 1.00 e. The molecule has 0 N–H and O–H groups in total. The minimum atomic E-state index is 0. The minimum Gasteiger partial charge on any atom is -0.302 e. The Hall–Kier alpha value is -0.223. The smallest absolute Gasteiger partial charge is 0.302 e. The molecular weight excluding hydrogens is 189 g/mol. The van der Waals surface area contributed by atoms with Crippen molar-refractivity contribution in [3.63, 3.8) is 0 Å². The molecular formula is C14H22LiN. The number of nitrogens with zero attached hydrogens (tertiary/aromatic N) is 1. The molecule has 0 heterocycles. The second kappa shape index (κ2) is 7.96. The summed E-state index contributed by atoms with van der Waals surface area (Å²) in [5.74, 6) is 0.571. The van der Waals surface area contributed by atoms with E-state index in [0.29, 0.717) is 5.92 Å². The summed E-state index contributed by atoms with van der Waals surface area (Å²) < 4.78 is 0. The molecule has 0 spiro atoms. The molecule has 2 heteroatoms. The first-order valence-corrected chi connectivity index (χ1v) is 5.90. The fourth-order valence-electron chi connectivity index (χ4n) is 1.65. The van der Waals surface area contributed by atoms with Crippen LogP contribution in [0.4, 0.5) is 0 Å². The Morgan fingerprint density at radius 2 is 1.81 bits per heavy atom. The van der Waals surface area contributed by atoms with Crippen LogP contribution >= 0.6 is 0 Å². The summed E-state index contributed by atoms with van der Waals surface area (Å²) in [5, 5.41) is 0. The zero-order valence-electron chi connectivity index (χ0n) is 11.4. The third-order valence-corrected chi connectivity index (χ3v) is 2.79. The molecule has 0 atom stereocenters. The maximum atomic E-state index is 3.50. The normalized spacial score (nSPS) is 10.6. The summed E-state index contributed by atoms with van der Waals surface area (Å²) in [6, 6.07) is 9.98. The summed E-state index contributed by atoms with van der Waals surface area (Å²) in [6.45, 7) is 12.1. The molecule has 0 saturated carbocycles. The molecule has 1 rings (SSSR count). The van der Waals surface area contributed by atoms with E-state index in [-0.39, 0.29) is 18.9 Å². The van der Waals surface area contributed by atoms with Crippen molar-refractivity contribution in [1.82, 2.24) is 4.90 Å². The Kier molecular flexibility index (Phi) is 7.84. The van der Waals surface area contributed by atoms with Gasteiger partial charge in [-0.25, -0.2) is 0 Å². The summed E-state index contributed by atoms with van der Waals surface area (Å²) in [5.41, 5.74) is 2.63. The van der Waals surface area contributed by atoms with Gasteiger partial charge in [0, 0.05) is 6.54 Å². The fourth-order valence-corrected chi connectivity index (χ4v) is 1.65. The number of hydrogen-bond acceptors (Lipinski definition) is 1. The van der Waals surface area contributed by atoms with Crippen LogP contribution in [-0.2, 0) is 6.54 Å². The van der Waals surface area contributed by atoms with Crippen LogP contribution in [0.1, 0.15) is 44.7 Å². The van der Waals surface area contributed by atoms with Gasteiger partial charge in [-0.2, -0.15) is 29.8 Å². The van der Waals surface area contributed by atoms with E-state index in [2.05, 4.69) is 56.9 Å². The van der Waals surface area contributed by atoms with E-state index in [1.165, 1.54) is 11.1 Å². The molecule has 1 aromatic rings. The summed E-state index contributed by atoms with van der Waals surface area (Å²) in [6.07, 6.45) is 0. The van der Waals surface area contributed by atoms with Gasteiger partial charge in [0.05, 0.1) is 0 Å². The van der Waals surface area contributed by atoms with Crippen LogP contribution < -0.4 is 18.9 Å². The van der Waals surface area contributed by atoms with Gasteiger partial charge in [0.1, 0.15) is 0 Å². The van der Waals surface area contributed by atoms with Gasteiger partial charge in [-0.3, -0.25) is 0 Å². The quantitative estimate of drug-likeness (QED) is 0.505. The Morgan fingerprint density at radius 3 is 2.31 bits per heavy atom. The standard InChI is InChI=1S/C14H22N.Li/c1-5-15(6-2)11-13-8-7-9-14(10-13)12(3)4;/h7-9,12H,5-6,11H2,1-4H3;/q-1;+1. The van der Waals surface area contributed by atoms with Gasteiger partial charge in [0.25, 0.3) is 0 Å². The van der Waals surface area contributed by atoms with Gasteiger partial charge in [-0.1, -0.05) is 27.7 Å². The number of benzene rings is 1. The Bertz CT molecular complexity index is 293. The molecule has 0 fully saturated rings. The third kappa shape index (κ3) is 4.74. The van der Waals surface area contributed by atoms with Gasteiger partial charge in [-0.15, -0.1) is 5.56 Å². The zero-order valence-corrected chi connectivity index (χ0v) is 11.4. The molecule has 0 saturated heterocycles. The monoisotopic (exact) mass is 211 g/mol. The van der Waals surface area contributed by atoms with E-state index in [9.17, 15) is 0 Å². The molecule has 16 heavy (non-hydrogen) atoms. The molecule has 0 unspecified atom stereocenters. The van der Waals surface area contributed by atoms with Crippen LogP contribution in [-0.4, -0.2) is 18.0 Å². The second-order valence-electron chi connectivity index (χ2n) is 4.25. The first-order chi connectivity index (χ1) is 7.17. The van der Waals surface area contributed by atoms with Crippen molar-refractivity contribution in [2.75, 3.05) is 13.1 Å². The largest absolute Gasteiger partial charge is 1.00 e. The van der Waals surface area contributed by atoms with Crippen molar-refractivity contribution in [2.45, 2.75) is 40.2 Å². The first kappa shape index (κ1) is 15.8. The van der Waals surface area contributed by atoms with Gasteiger partial charge >= 0.3 is 18.9 Å². The molecule has 0 aliphatic rings. The predicted octanol–water partition coefficient (Wildman–Crippen LogP) is 0.456. The van der Waals surface area contributed by atoms with E-state index in [0.717, 1.165) is 19.6 Å². The van der Waals surface area contributed by atoms with Gasteiger partial charge in [0.15, 0.2) is 0 Å². The van der Waals surface area contributed by atoms with Crippen LogP contribution in [0.2, 0.25) is 0 Å². The second-order valence-corrected chi connectivity index (χ2v) is 4.25. The van der Waals surface area contributed by atoms with Crippen molar-refractivity contribution >= 4 is 0 Å². The molecule has 0 bridgehead atoms. The summed E-state index contributed by atoms with van der Waals surface area (Å²) in [4.78, 5) is 2.41. The number of hydrogen-bond donors (Lipinski definition) is 0. The van der Waals surface area contributed by atoms with Gasteiger partial charge in [-0.05, 0) is 19.0 Å². The van der Waals surface area contributed by atoms with Crippen LogP contribution in [0.15, 0.2) is 18.2 Å². The van der Waals surface area contributed by atoms with Crippen molar-refractivity contribution < 1.29 is 18.9 Å². The molecule has 1 aromatic carbocycles. The van der Waals surface area contributed by atoms with Crippen molar-refractivity contribution in [3.05, 3.63) is 35.4 Å². The Morgan fingerprint density at radius 1 is 1.19 bits per heavy atom. The summed E-state index contributed by atoms with van der Waals surface area (Å²) >= 11 is 0. The molecule has 0 aromatic heterocycles. The van der Waals surface area contributed by atoms with E-state index in [4.69, 9.17) is 0 Å². The van der Waals surface area contributed by atoms with Gasteiger partial charge in [0.2, 0.25) is 0 Å². The topological polar surface area (TPSA) is 3.24 Å². The maximum absolute atomic E-state index is 3.50. The van der Waals surface area contributed by atoms with E-state index in [1.54, 1.807) is 0 Å². The van der Waals surface area contributed by atoms with Gasteiger partial charge < -0.3 is 4.90 Å². The van der Waals surface area contributed by atoms with Crippen molar-refractivity contribution in [1.29, 1.82) is 0 Å². The number of rotatable bonds is 5. The molecule has 0 radical (unpaired) electrons. The van der Waals surface area contributed by atoms with E-state index >= 15 is 0 Å². The van der Waals surface area contributed by atoms with Crippen molar-refractivity contribution in [2.24, 2.45) is 0 Å². The van der Waals surface area contributed by atoms with E-state index < -0.39 is 0 Å². The molecule has 1 nitrogen and oxygen atoms in total. The van der Waals surface area contributed by atoms with Crippen molar-refractivity contribution in [3.8, 4) is 0 Å². The van der Waals surface area contributed by atoms with E-state index in [1.807, 2.05) is 0 Å². The Labute approximate surface area is 112 Å². The SMILES string of the molecule is CCN(CC)Cc1[c-]c(C(C)C)ccc1.[Li+]. The fraction of sp³-hybridized carbons (Fsp3) is 0.571. The summed E-state index contributed by atoms with van der Waals surface area (Å²) in [7, 11) is 0. The van der Waals surface area contributed by atoms with Crippen LogP contribution in [0.3, 0.4) is 0 Å². The minimum absolute atomic E-state index is 0. The molecule has 0 aliphatic carbocycles. The van der Waals surface area contributed by atoms with Crippen LogP contribution in [0.25, 0.3) is 0 Å². The van der Waals surface area contributed by atoms with Crippen LogP contribution in [0.5, 0.6) is 0 Å². The predicted molar refractivity (Wildman–Crippen MR) is 66.0 cm³/mol. The zero-order chi connectivity index (χ0) is 11.3. The van der Waals surface area contributed by atoms with Crippen LogP contribution in [0, 0.1) is 6.07 Å². The molecule has 0 aliphatic heterocycles. The average molecular weight is 211 g/mol. The Balaban J connectivity index is 0.00000225. The average Bonchev–Trinajstić information content (AvgIpc) is 2.26.